The summed E-state index contributed by atoms with van der Waals surface area (Å²) >= 11 is 0. The Bertz CT molecular complexity index is 1140. The zero-order valence-corrected chi connectivity index (χ0v) is 23.0. The van der Waals surface area contributed by atoms with Gasteiger partial charge in [0, 0.05) is 45.9 Å². The highest BCUT2D eigenvalue weighted by atomic mass is 16.5. The third kappa shape index (κ3) is 6.88. The van der Waals surface area contributed by atoms with Gasteiger partial charge in [-0.15, -0.1) is 0 Å². The monoisotopic (exact) mass is 543 g/mol. The first-order valence-electron chi connectivity index (χ1n) is 14.0. The molecule has 11 heteroatoms. The van der Waals surface area contributed by atoms with E-state index in [4.69, 9.17) is 9.72 Å². The van der Waals surface area contributed by atoms with E-state index in [0.717, 1.165) is 23.9 Å². The summed E-state index contributed by atoms with van der Waals surface area (Å²) in [5, 5.41) is 19.1. The standard InChI is InChI=1S/C28H41N5O6/c1-20(2)17-33(22-16-21(18-31(19-22)28(37)38)26(35)30-11-14-39-15-12-30)27(36)25-29-23-8-4-5-9-24(23)32(25)10-6-3-7-13-34/h4-5,8-9,20-22,34H,3,6-7,10-19H2,1-2H3,(H,37,38)/t21-,22+/m1/s1. The van der Waals surface area contributed by atoms with Crippen LogP contribution in [0.3, 0.4) is 0 Å². The third-order valence-corrected chi connectivity index (χ3v) is 7.52. The van der Waals surface area contributed by atoms with Crippen molar-refractivity contribution in [3.05, 3.63) is 30.1 Å². The smallest absolute Gasteiger partial charge is 0.407 e. The van der Waals surface area contributed by atoms with Crippen LogP contribution < -0.4 is 0 Å². The lowest BCUT2D eigenvalue weighted by Gasteiger charge is -2.43. The first kappa shape index (κ1) is 28.8. The van der Waals surface area contributed by atoms with Gasteiger partial charge in [0.1, 0.15) is 0 Å². The van der Waals surface area contributed by atoms with Crippen molar-refractivity contribution in [2.45, 2.75) is 52.1 Å². The average molecular weight is 544 g/mol. The Labute approximate surface area is 229 Å². The normalized spacial score (nSPS) is 20.0. The minimum atomic E-state index is -1.09. The fraction of sp³-hybridized carbons (Fsp3) is 0.643. The topological polar surface area (TPSA) is 128 Å². The Hall–Kier alpha value is -3.18. The van der Waals surface area contributed by atoms with E-state index in [-0.39, 0.29) is 37.4 Å². The molecule has 0 spiro atoms. The van der Waals surface area contributed by atoms with E-state index in [9.17, 15) is 24.6 Å². The van der Waals surface area contributed by atoms with Gasteiger partial charge in [-0.2, -0.15) is 0 Å². The molecule has 0 bridgehead atoms. The Kier molecular flexibility index (Phi) is 9.79. The van der Waals surface area contributed by atoms with Crippen molar-refractivity contribution in [1.82, 2.24) is 24.3 Å². The molecule has 2 aliphatic rings. The number of hydrogen-bond donors (Lipinski definition) is 2. The van der Waals surface area contributed by atoms with Crippen molar-refractivity contribution in [3.63, 3.8) is 0 Å². The lowest BCUT2D eigenvalue weighted by atomic mass is 9.91. The molecule has 1 aromatic heterocycles. The number of para-hydroxylation sites is 2. The molecule has 4 rings (SSSR count). The molecule has 1 aromatic carbocycles. The van der Waals surface area contributed by atoms with Crippen molar-refractivity contribution in [2.75, 3.05) is 52.5 Å². The van der Waals surface area contributed by atoms with Crippen molar-refractivity contribution in [1.29, 1.82) is 0 Å². The van der Waals surface area contributed by atoms with E-state index >= 15 is 0 Å². The lowest BCUT2D eigenvalue weighted by molar-refractivity contribution is -0.142. The maximum absolute atomic E-state index is 14.2. The van der Waals surface area contributed by atoms with Crippen LogP contribution >= 0.6 is 0 Å². The molecule has 2 saturated heterocycles. The van der Waals surface area contributed by atoms with Gasteiger partial charge >= 0.3 is 6.09 Å². The number of carbonyl (C=O) groups is 3. The number of aryl methyl sites for hydroxylation is 1. The van der Waals surface area contributed by atoms with Crippen molar-refractivity contribution in [3.8, 4) is 0 Å². The fourth-order valence-corrected chi connectivity index (χ4v) is 5.62. The van der Waals surface area contributed by atoms with Crippen molar-refractivity contribution in [2.24, 2.45) is 11.8 Å². The van der Waals surface area contributed by atoms with Gasteiger partial charge in [0.05, 0.1) is 36.2 Å². The highest BCUT2D eigenvalue weighted by molar-refractivity contribution is 5.95. The molecule has 214 valence electrons. The van der Waals surface area contributed by atoms with Gasteiger partial charge in [0.15, 0.2) is 5.82 Å². The molecule has 3 amide bonds. The van der Waals surface area contributed by atoms with Crippen LogP contribution in [0.15, 0.2) is 24.3 Å². The second-order valence-corrected chi connectivity index (χ2v) is 10.9. The van der Waals surface area contributed by atoms with Gasteiger partial charge in [-0.3, -0.25) is 9.59 Å². The van der Waals surface area contributed by atoms with Crippen LogP contribution in [0.25, 0.3) is 11.0 Å². The number of hydrogen-bond acceptors (Lipinski definition) is 6. The number of benzene rings is 1. The molecule has 0 radical (unpaired) electrons. The van der Waals surface area contributed by atoms with Crippen molar-refractivity contribution < 1.29 is 29.3 Å². The van der Waals surface area contributed by atoms with Crippen LogP contribution in [0.1, 0.15) is 50.1 Å². The number of fused-ring (bicyclic) bond motifs is 1. The average Bonchev–Trinajstić information content (AvgIpc) is 3.32. The molecule has 0 saturated carbocycles. The predicted octanol–water partition coefficient (Wildman–Crippen LogP) is 2.52. The summed E-state index contributed by atoms with van der Waals surface area (Å²) in [6.07, 6.45) is 1.62. The maximum atomic E-state index is 14.2. The number of carbonyl (C=O) groups excluding carboxylic acids is 2. The van der Waals surface area contributed by atoms with Crippen LogP contribution in [-0.4, -0.2) is 111 Å². The number of ether oxygens (including phenoxy) is 1. The zero-order chi connectivity index (χ0) is 27.9. The van der Waals surface area contributed by atoms with Gasteiger partial charge < -0.3 is 34.2 Å². The number of carboxylic acid groups (broad SMARTS) is 1. The van der Waals surface area contributed by atoms with Crippen LogP contribution in [-0.2, 0) is 16.1 Å². The summed E-state index contributed by atoms with van der Waals surface area (Å²) in [5.41, 5.74) is 1.59. The number of rotatable bonds is 10. The number of morpholine rings is 1. The molecule has 39 heavy (non-hydrogen) atoms. The first-order chi connectivity index (χ1) is 18.8. The minimum Gasteiger partial charge on any atom is -0.465 e. The molecule has 2 N–H and O–H groups in total. The Balaban J connectivity index is 1.64. The van der Waals surface area contributed by atoms with E-state index in [1.54, 1.807) is 9.80 Å². The molecule has 2 atom stereocenters. The summed E-state index contributed by atoms with van der Waals surface area (Å²) in [5.74, 6) is -0.411. The fourth-order valence-electron chi connectivity index (χ4n) is 5.62. The number of amides is 3. The van der Waals surface area contributed by atoms with Gasteiger partial charge in [-0.05, 0) is 43.7 Å². The third-order valence-electron chi connectivity index (χ3n) is 7.52. The molecule has 2 aromatic rings. The number of likely N-dealkylation sites (tertiary alicyclic amines) is 1. The van der Waals surface area contributed by atoms with E-state index in [0.29, 0.717) is 58.1 Å². The quantitative estimate of drug-likeness (QED) is 0.441. The number of piperidine rings is 1. The highest BCUT2D eigenvalue weighted by Crippen LogP contribution is 2.27. The Morgan fingerprint density at radius 3 is 2.51 bits per heavy atom. The zero-order valence-electron chi connectivity index (χ0n) is 23.0. The molecule has 0 aliphatic carbocycles. The Morgan fingerprint density at radius 2 is 1.82 bits per heavy atom. The summed E-state index contributed by atoms with van der Waals surface area (Å²) in [6.45, 7) is 7.36. The number of aliphatic hydroxyl groups excluding tert-OH is 1. The van der Waals surface area contributed by atoms with Crippen LogP contribution in [0, 0.1) is 11.8 Å². The van der Waals surface area contributed by atoms with Crippen LogP contribution in [0.5, 0.6) is 0 Å². The predicted molar refractivity (Wildman–Crippen MR) is 145 cm³/mol. The lowest BCUT2D eigenvalue weighted by Crippen LogP contribution is -2.58. The Morgan fingerprint density at radius 1 is 1.08 bits per heavy atom. The van der Waals surface area contributed by atoms with Gasteiger partial charge in [0.2, 0.25) is 5.91 Å². The van der Waals surface area contributed by atoms with E-state index in [1.165, 1.54) is 4.90 Å². The highest BCUT2D eigenvalue weighted by Gasteiger charge is 2.40. The summed E-state index contributed by atoms with van der Waals surface area (Å²) in [7, 11) is 0. The molecule has 2 fully saturated rings. The molecule has 3 heterocycles. The molecule has 2 aliphatic heterocycles. The van der Waals surface area contributed by atoms with Gasteiger partial charge in [-0.25, -0.2) is 9.78 Å². The summed E-state index contributed by atoms with van der Waals surface area (Å²) < 4.78 is 7.33. The number of imidazole rings is 1. The number of aliphatic hydroxyl groups is 1. The first-order valence-corrected chi connectivity index (χ1v) is 14.0. The molecule has 11 nitrogen and oxygen atoms in total. The summed E-state index contributed by atoms with van der Waals surface area (Å²) in [4.78, 5) is 49.2. The second kappa shape index (κ2) is 13.3. The number of unbranched alkanes of at least 4 members (excludes halogenated alkanes) is 2. The number of nitrogens with zero attached hydrogens (tertiary/aromatic N) is 5. The van der Waals surface area contributed by atoms with Gasteiger partial charge in [0.25, 0.3) is 5.91 Å². The van der Waals surface area contributed by atoms with Crippen molar-refractivity contribution >= 4 is 28.9 Å². The molecule has 0 unspecified atom stereocenters. The molecular formula is C28H41N5O6. The van der Waals surface area contributed by atoms with E-state index in [2.05, 4.69) is 0 Å². The van der Waals surface area contributed by atoms with Crippen LogP contribution in [0.4, 0.5) is 4.79 Å². The maximum Gasteiger partial charge on any atom is 0.407 e. The SMILES string of the molecule is CC(C)CN(C(=O)c1nc2ccccc2n1CCCCCO)[C@H]1C[C@@H](C(=O)N2CCOCC2)CN(C(=O)O)C1. The minimum absolute atomic E-state index is 0.0812. The second-order valence-electron chi connectivity index (χ2n) is 10.9. The van der Waals surface area contributed by atoms with Gasteiger partial charge in [-0.1, -0.05) is 26.0 Å². The van der Waals surface area contributed by atoms with Crippen LogP contribution in [0.2, 0.25) is 0 Å². The largest absolute Gasteiger partial charge is 0.465 e. The van der Waals surface area contributed by atoms with E-state index in [1.807, 2.05) is 42.7 Å². The molecular weight excluding hydrogens is 502 g/mol. The summed E-state index contributed by atoms with van der Waals surface area (Å²) in [6, 6.07) is 7.18. The van der Waals surface area contributed by atoms with E-state index < -0.39 is 18.1 Å². The number of aromatic nitrogens is 2.